The first-order chi connectivity index (χ1) is 17.4. The number of hydrogen-bond donors (Lipinski definition) is 1. The molecule has 206 valence electrons. The number of quaternary nitrogens is 1. The van der Waals surface area contributed by atoms with Crippen LogP contribution >= 0.6 is 0 Å². The number of alkyl carbamates (subject to hydrolysis) is 1. The third-order valence-electron chi connectivity index (χ3n) is 7.05. The van der Waals surface area contributed by atoms with Gasteiger partial charge in [-0.3, -0.25) is 4.79 Å². The van der Waals surface area contributed by atoms with E-state index >= 15 is 0 Å². The third kappa shape index (κ3) is 7.17. The van der Waals surface area contributed by atoms with E-state index in [0.717, 1.165) is 18.9 Å². The maximum absolute atomic E-state index is 14.2. The molecule has 3 aliphatic rings. The number of esters is 1. The molecule has 3 saturated heterocycles. The Labute approximate surface area is 231 Å². The molecule has 0 aliphatic carbocycles. The van der Waals surface area contributed by atoms with Crippen LogP contribution in [-0.4, -0.2) is 60.2 Å². The van der Waals surface area contributed by atoms with E-state index < -0.39 is 47.2 Å². The minimum Gasteiger partial charge on any atom is -1.00 e. The Morgan fingerprint density at radius 2 is 1.71 bits per heavy atom. The predicted octanol–water partition coefficient (Wildman–Crippen LogP) is 1.57. The van der Waals surface area contributed by atoms with Crippen molar-refractivity contribution < 1.29 is 54.1 Å². The zero-order chi connectivity index (χ0) is 26.8. The molecule has 1 N–H and O–H groups in total. The maximum atomic E-state index is 14.2. The van der Waals surface area contributed by atoms with Crippen molar-refractivity contribution in [3.63, 3.8) is 0 Å². The van der Waals surface area contributed by atoms with Gasteiger partial charge in [-0.15, -0.1) is 0 Å². The van der Waals surface area contributed by atoms with E-state index in [9.17, 15) is 23.2 Å². The molecule has 7 nitrogen and oxygen atoms in total. The van der Waals surface area contributed by atoms with Crippen LogP contribution in [0.25, 0.3) is 0 Å². The van der Waals surface area contributed by atoms with Gasteiger partial charge in [-0.1, -0.05) is 30.3 Å². The largest absolute Gasteiger partial charge is 1.00 e. The Balaban J connectivity index is 0.00000400. The molecule has 3 aliphatic heterocycles. The van der Waals surface area contributed by atoms with Gasteiger partial charge in [0, 0.05) is 24.8 Å². The number of halogens is 3. The molecule has 0 aromatic heterocycles. The summed E-state index contributed by atoms with van der Waals surface area (Å²) in [6.07, 6.45) is 0.328. The maximum Gasteiger partial charge on any atom is 0.408 e. The van der Waals surface area contributed by atoms with Gasteiger partial charge in [0.15, 0.2) is 12.1 Å². The summed E-state index contributed by atoms with van der Waals surface area (Å²) in [7, 11) is 0. The van der Waals surface area contributed by atoms with E-state index in [1.54, 1.807) is 45.0 Å². The molecule has 2 aromatic rings. The number of nitrogens with one attached hydrogen (secondary N) is 1. The molecule has 10 heteroatoms. The number of ether oxygens (including phenoxy) is 2. The van der Waals surface area contributed by atoms with Crippen LogP contribution in [0, 0.1) is 17.6 Å². The summed E-state index contributed by atoms with van der Waals surface area (Å²) in [6.45, 7) is 7.09. The zero-order valence-corrected chi connectivity index (χ0v) is 23.3. The van der Waals surface area contributed by atoms with Crippen LogP contribution in [0.2, 0.25) is 0 Å². The van der Waals surface area contributed by atoms with Gasteiger partial charge in [0.05, 0.1) is 18.7 Å². The topological polar surface area (TPSA) is 81.7 Å². The molecule has 3 heterocycles. The average Bonchev–Trinajstić information content (AvgIpc) is 2.82. The molecule has 0 saturated carbocycles. The number of carbonyl (C=O) groups excluding carboxylic acids is 3. The molecule has 0 radical (unpaired) electrons. The Morgan fingerprint density at radius 3 is 2.32 bits per heavy atom. The van der Waals surface area contributed by atoms with Gasteiger partial charge in [-0.25, -0.2) is 18.4 Å². The first kappa shape index (κ1) is 29.7. The van der Waals surface area contributed by atoms with E-state index in [0.29, 0.717) is 35.7 Å². The highest BCUT2D eigenvalue weighted by atomic mass is 79.9. The van der Waals surface area contributed by atoms with Gasteiger partial charge in [0.1, 0.15) is 30.3 Å². The molecule has 2 aromatic carbocycles. The molecule has 2 atom stereocenters. The van der Waals surface area contributed by atoms with E-state index in [1.165, 1.54) is 6.07 Å². The minimum absolute atomic E-state index is 0. The monoisotopic (exact) mass is 594 g/mol. The van der Waals surface area contributed by atoms with Crippen molar-refractivity contribution in [2.24, 2.45) is 5.92 Å². The molecule has 0 spiro atoms. The summed E-state index contributed by atoms with van der Waals surface area (Å²) in [5.74, 6) is -2.49. The van der Waals surface area contributed by atoms with Crippen LogP contribution in [-0.2, 0) is 14.3 Å². The molecular weight excluding hydrogens is 562 g/mol. The standard InChI is InChI=1S/C28H32F2N2O5.BrH/c1-28(2,3)37-27(35)31-25(19-7-5-4-6-8-19)26(34)36-24-17-32(13-11-18(24)12-14-32)16-23(33)21-10-9-20(29)15-22(21)30;/h4-10,15,18,24-25H,11-14,16-17H2,1-3H3;1H/t18?,24-,25?,32?;/m0./s1. The highest BCUT2D eigenvalue weighted by molar-refractivity contribution is 5.97. The van der Waals surface area contributed by atoms with Gasteiger partial charge in [-0.05, 0) is 38.5 Å². The van der Waals surface area contributed by atoms with Crippen molar-refractivity contribution in [1.29, 1.82) is 0 Å². The molecule has 1 unspecified atom stereocenters. The minimum atomic E-state index is -1.06. The van der Waals surface area contributed by atoms with Crippen LogP contribution < -0.4 is 22.3 Å². The lowest BCUT2D eigenvalue weighted by atomic mass is 9.82. The lowest BCUT2D eigenvalue weighted by Gasteiger charge is -2.51. The molecule has 1 amide bonds. The third-order valence-corrected chi connectivity index (χ3v) is 7.05. The number of carbonyl (C=O) groups is 3. The number of amides is 1. The first-order valence-corrected chi connectivity index (χ1v) is 12.5. The molecule has 5 rings (SSSR count). The number of hydrogen-bond acceptors (Lipinski definition) is 5. The van der Waals surface area contributed by atoms with E-state index in [-0.39, 0.29) is 35.0 Å². The molecule has 2 bridgehead atoms. The summed E-state index contributed by atoms with van der Waals surface area (Å²) >= 11 is 0. The summed E-state index contributed by atoms with van der Waals surface area (Å²) in [5, 5.41) is 2.63. The molecular formula is C28H33BrF2N2O5. The number of nitrogens with zero attached hydrogens (tertiary/aromatic N) is 1. The van der Waals surface area contributed by atoms with Gasteiger partial charge in [0.25, 0.3) is 0 Å². The second-order valence-corrected chi connectivity index (χ2v) is 11.0. The summed E-state index contributed by atoms with van der Waals surface area (Å²) in [5.41, 5.74) is -0.315. The predicted molar refractivity (Wildman–Crippen MR) is 132 cm³/mol. The van der Waals surface area contributed by atoms with Crippen molar-refractivity contribution >= 4 is 17.8 Å². The number of piperidine rings is 3. The fourth-order valence-electron chi connectivity index (χ4n) is 5.25. The fourth-order valence-corrected chi connectivity index (χ4v) is 5.25. The van der Waals surface area contributed by atoms with Crippen molar-refractivity contribution in [3.8, 4) is 0 Å². The molecule has 3 fully saturated rings. The zero-order valence-electron chi connectivity index (χ0n) is 21.7. The van der Waals surface area contributed by atoms with Gasteiger partial charge < -0.3 is 36.3 Å². The summed E-state index contributed by atoms with van der Waals surface area (Å²) in [4.78, 5) is 38.8. The van der Waals surface area contributed by atoms with E-state index in [1.807, 2.05) is 6.07 Å². The van der Waals surface area contributed by atoms with Crippen LogP contribution in [0.5, 0.6) is 0 Å². The van der Waals surface area contributed by atoms with Crippen molar-refractivity contribution in [1.82, 2.24) is 5.32 Å². The van der Waals surface area contributed by atoms with Crippen LogP contribution in [0.1, 0.15) is 55.6 Å². The number of rotatable bonds is 7. The highest BCUT2D eigenvalue weighted by Crippen LogP contribution is 2.36. The number of benzene rings is 2. The first-order valence-electron chi connectivity index (χ1n) is 12.5. The second kappa shape index (κ2) is 11.9. The summed E-state index contributed by atoms with van der Waals surface area (Å²) < 4.78 is 39.2. The normalized spacial score (nSPS) is 23.1. The van der Waals surface area contributed by atoms with Crippen LogP contribution in [0.3, 0.4) is 0 Å². The Kier molecular flexibility index (Phi) is 9.30. The quantitative estimate of drug-likeness (QED) is 0.299. The van der Waals surface area contributed by atoms with Crippen molar-refractivity contribution in [2.75, 3.05) is 26.2 Å². The fraction of sp³-hybridized carbons (Fsp3) is 0.464. The number of fused-ring (bicyclic) bond motifs is 3. The van der Waals surface area contributed by atoms with Crippen LogP contribution in [0.15, 0.2) is 48.5 Å². The van der Waals surface area contributed by atoms with Crippen molar-refractivity contribution in [2.45, 2.75) is 51.4 Å². The summed E-state index contributed by atoms with van der Waals surface area (Å²) in [6, 6.07) is 10.7. The Bertz CT molecular complexity index is 1160. The van der Waals surface area contributed by atoms with Gasteiger partial charge >= 0.3 is 12.1 Å². The van der Waals surface area contributed by atoms with E-state index in [4.69, 9.17) is 9.47 Å². The second-order valence-electron chi connectivity index (χ2n) is 11.0. The van der Waals surface area contributed by atoms with Crippen molar-refractivity contribution in [3.05, 3.63) is 71.3 Å². The van der Waals surface area contributed by atoms with Crippen LogP contribution in [0.4, 0.5) is 13.6 Å². The van der Waals surface area contributed by atoms with Gasteiger partial charge in [-0.2, -0.15) is 0 Å². The Morgan fingerprint density at radius 1 is 1.05 bits per heavy atom. The molecule has 38 heavy (non-hydrogen) atoms. The highest BCUT2D eigenvalue weighted by Gasteiger charge is 2.49. The van der Waals surface area contributed by atoms with E-state index in [2.05, 4.69) is 5.32 Å². The number of ketones is 1. The number of Topliss-reactive ketones (excluding diaryl/α,β-unsaturated/α-hetero) is 1. The Hall–Kier alpha value is -2.85. The SMILES string of the molecule is CC(C)(C)OC(=O)NC(C(=O)O[C@H]1C[N+]2(CC(=O)c3ccc(F)cc3F)CCC1CC2)c1ccccc1.[Br-]. The average molecular weight is 595 g/mol. The lowest BCUT2D eigenvalue weighted by molar-refractivity contribution is -0.938. The van der Waals surface area contributed by atoms with Gasteiger partial charge in [0.2, 0.25) is 5.78 Å². The lowest BCUT2D eigenvalue weighted by Crippen LogP contribution is -3.00. The smallest absolute Gasteiger partial charge is 0.408 e.